The molecule has 5 aromatic heterocycles. The van der Waals surface area contributed by atoms with Gasteiger partial charge < -0.3 is 10.3 Å². The van der Waals surface area contributed by atoms with E-state index in [-0.39, 0.29) is 5.91 Å². The van der Waals surface area contributed by atoms with Crippen LogP contribution in [0, 0.1) is 18.2 Å². The Balaban J connectivity index is 1.44. The second kappa shape index (κ2) is 8.84. The molecule has 0 atom stereocenters. The number of thiophene rings is 1. The minimum Gasteiger partial charge on any atom is -0.335 e. The molecule has 0 spiro atoms. The van der Waals surface area contributed by atoms with Crippen LogP contribution in [0.3, 0.4) is 0 Å². The number of H-pyrrole nitrogens is 2. The number of anilines is 1. The molecule has 3 N–H and O–H groups in total. The monoisotopic (exact) mass is 525 g/mol. The van der Waals surface area contributed by atoms with Gasteiger partial charge in [0.2, 0.25) is 5.91 Å². The molecule has 6 rings (SSSR count). The zero-order chi connectivity index (χ0) is 26.6. The van der Waals surface area contributed by atoms with Gasteiger partial charge >= 0.3 is 0 Å². The molecule has 5 heterocycles. The Labute approximate surface area is 221 Å². The maximum Gasteiger partial charge on any atom is 0.229 e. The van der Waals surface area contributed by atoms with Gasteiger partial charge in [-0.2, -0.15) is 5.10 Å². The lowest BCUT2D eigenvalue weighted by atomic mass is 9.95. The molecule has 0 bridgehead atoms. The summed E-state index contributed by atoms with van der Waals surface area (Å²) < 4.78 is 16.1. The van der Waals surface area contributed by atoms with Crippen molar-refractivity contribution in [2.45, 2.75) is 27.7 Å². The number of fused-ring (bicyclic) bond motifs is 2. The highest BCUT2D eigenvalue weighted by atomic mass is 32.1. The van der Waals surface area contributed by atoms with Gasteiger partial charge in [0.15, 0.2) is 11.5 Å². The quantitative estimate of drug-likeness (QED) is 0.236. The second-order valence-corrected chi connectivity index (χ2v) is 11.4. The van der Waals surface area contributed by atoms with E-state index in [2.05, 4.69) is 54.5 Å². The lowest BCUT2D eigenvalue weighted by Crippen LogP contribution is -2.27. The first kappa shape index (κ1) is 23.9. The summed E-state index contributed by atoms with van der Waals surface area (Å²) in [5.74, 6) is -0.199. The SMILES string of the molecule is Cc1ccc(-c2ccnc3nc(-c4n[nH]c5ccc(-c6cncc(NC(=O)C(C)(C)C)c6)c(F)c45)[nH]c23)s1. The summed E-state index contributed by atoms with van der Waals surface area (Å²) in [6.07, 6.45) is 4.83. The van der Waals surface area contributed by atoms with Crippen LogP contribution < -0.4 is 5.32 Å². The molecule has 1 aromatic carbocycles. The molecular weight excluding hydrogens is 501 g/mol. The number of aryl methyl sites for hydroxylation is 1. The minimum absolute atomic E-state index is 0.153. The third kappa shape index (κ3) is 4.12. The Kier molecular flexibility index (Phi) is 5.57. The van der Waals surface area contributed by atoms with Crippen LogP contribution in [0.4, 0.5) is 10.1 Å². The molecule has 0 aliphatic carbocycles. The fraction of sp³-hybridized carbons (Fsp3) is 0.179. The first-order valence-corrected chi connectivity index (χ1v) is 12.9. The van der Waals surface area contributed by atoms with E-state index in [1.165, 1.54) is 4.88 Å². The van der Waals surface area contributed by atoms with Gasteiger partial charge in [0.05, 0.1) is 28.3 Å². The molecule has 0 aliphatic heterocycles. The number of hydrogen-bond acceptors (Lipinski definition) is 6. The van der Waals surface area contributed by atoms with Gasteiger partial charge in [0.1, 0.15) is 11.5 Å². The van der Waals surface area contributed by atoms with Crippen molar-refractivity contribution in [2.75, 3.05) is 5.32 Å². The van der Waals surface area contributed by atoms with E-state index in [1.54, 1.807) is 48.1 Å². The van der Waals surface area contributed by atoms with Gasteiger partial charge in [0.25, 0.3) is 0 Å². The third-order valence-corrected chi connectivity index (χ3v) is 7.31. The van der Waals surface area contributed by atoms with Crippen LogP contribution >= 0.6 is 11.3 Å². The topological polar surface area (TPSA) is 112 Å². The standard InChI is InChI=1S/C28H24FN7OS/c1-14-5-8-20(38-14)18-9-10-31-25-23(18)33-26(34-25)24-21-19(35-36-24)7-6-17(22(21)29)15-11-16(13-30-12-15)32-27(37)28(2,3)4/h5-13H,1-4H3,(H,32,37)(H,35,36)(H,31,33,34). The number of imidazole rings is 1. The predicted molar refractivity (Wildman–Crippen MR) is 148 cm³/mol. The summed E-state index contributed by atoms with van der Waals surface area (Å²) >= 11 is 1.68. The van der Waals surface area contributed by atoms with Crippen molar-refractivity contribution in [1.29, 1.82) is 0 Å². The highest BCUT2D eigenvalue weighted by Crippen LogP contribution is 2.36. The Hall–Kier alpha value is -4.44. The molecule has 1 amide bonds. The van der Waals surface area contributed by atoms with Crippen molar-refractivity contribution < 1.29 is 9.18 Å². The van der Waals surface area contributed by atoms with E-state index >= 15 is 4.39 Å². The van der Waals surface area contributed by atoms with Gasteiger partial charge in [-0.1, -0.05) is 20.8 Å². The Morgan fingerprint density at radius 1 is 1.08 bits per heavy atom. The van der Waals surface area contributed by atoms with Crippen molar-refractivity contribution >= 4 is 45.0 Å². The number of rotatable bonds is 4. The van der Waals surface area contributed by atoms with Gasteiger partial charge in [-0.15, -0.1) is 11.3 Å². The molecular formula is C28H24FN7OS. The Bertz CT molecular complexity index is 1840. The molecule has 0 aliphatic rings. The van der Waals surface area contributed by atoms with Gasteiger partial charge in [-0.25, -0.2) is 14.4 Å². The number of benzene rings is 1. The lowest BCUT2D eigenvalue weighted by Gasteiger charge is -2.17. The van der Waals surface area contributed by atoms with E-state index in [1.807, 2.05) is 26.8 Å². The van der Waals surface area contributed by atoms with Crippen LogP contribution in [0.25, 0.3) is 55.2 Å². The van der Waals surface area contributed by atoms with Crippen molar-refractivity contribution in [3.05, 3.63) is 65.7 Å². The summed E-state index contributed by atoms with van der Waals surface area (Å²) in [4.78, 5) is 31.3. The van der Waals surface area contributed by atoms with Crippen LogP contribution in [0.2, 0.25) is 0 Å². The van der Waals surface area contributed by atoms with Gasteiger partial charge in [-0.3, -0.25) is 14.9 Å². The number of carbonyl (C=O) groups is 1. The van der Waals surface area contributed by atoms with Crippen molar-refractivity contribution in [1.82, 2.24) is 30.1 Å². The van der Waals surface area contributed by atoms with Gasteiger partial charge in [-0.05, 0) is 43.3 Å². The summed E-state index contributed by atoms with van der Waals surface area (Å²) in [5.41, 5.74) is 3.96. The molecule has 8 nitrogen and oxygen atoms in total. The van der Waals surface area contributed by atoms with E-state index in [9.17, 15) is 4.79 Å². The minimum atomic E-state index is -0.574. The van der Waals surface area contributed by atoms with E-state index in [0.29, 0.717) is 44.9 Å². The summed E-state index contributed by atoms with van der Waals surface area (Å²) in [6, 6.07) is 11.2. The van der Waals surface area contributed by atoms with Crippen molar-refractivity contribution in [3.8, 4) is 33.1 Å². The van der Waals surface area contributed by atoms with Crippen LogP contribution in [0.15, 0.2) is 55.0 Å². The van der Waals surface area contributed by atoms with Crippen LogP contribution in [0.1, 0.15) is 25.6 Å². The van der Waals surface area contributed by atoms with E-state index in [0.717, 1.165) is 16.0 Å². The predicted octanol–water partition coefficient (Wildman–Crippen LogP) is 6.72. The Morgan fingerprint density at radius 2 is 1.92 bits per heavy atom. The first-order valence-electron chi connectivity index (χ1n) is 12.0. The molecule has 0 saturated heterocycles. The number of pyridine rings is 2. The molecule has 0 saturated carbocycles. The highest BCUT2D eigenvalue weighted by molar-refractivity contribution is 7.15. The number of halogens is 1. The number of nitrogens with zero attached hydrogens (tertiary/aromatic N) is 4. The third-order valence-electron chi connectivity index (χ3n) is 6.28. The van der Waals surface area contributed by atoms with Crippen LogP contribution in [-0.2, 0) is 4.79 Å². The molecule has 6 aromatic rings. The zero-order valence-corrected chi connectivity index (χ0v) is 22.0. The van der Waals surface area contributed by atoms with Crippen molar-refractivity contribution in [3.63, 3.8) is 0 Å². The number of amides is 1. The fourth-order valence-corrected chi connectivity index (χ4v) is 5.15. The lowest BCUT2D eigenvalue weighted by molar-refractivity contribution is -0.123. The molecule has 10 heteroatoms. The summed E-state index contributed by atoms with van der Waals surface area (Å²) in [7, 11) is 0. The maximum absolute atomic E-state index is 16.1. The zero-order valence-electron chi connectivity index (χ0n) is 21.2. The Morgan fingerprint density at radius 3 is 2.68 bits per heavy atom. The normalized spacial score (nSPS) is 11.9. The largest absolute Gasteiger partial charge is 0.335 e. The molecule has 0 radical (unpaired) electrons. The average Bonchev–Trinajstić information content (AvgIpc) is 3.61. The van der Waals surface area contributed by atoms with Crippen LogP contribution in [0.5, 0.6) is 0 Å². The fourth-order valence-electron chi connectivity index (χ4n) is 4.25. The number of nitrogens with one attached hydrogen (secondary N) is 3. The van der Waals surface area contributed by atoms with E-state index in [4.69, 9.17) is 0 Å². The molecule has 0 fully saturated rings. The number of aromatic amines is 2. The van der Waals surface area contributed by atoms with E-state index < -0.39 is 11.2 Å². The number of hydrogen-bond donors (Lipinski definition) is 3. The van der Waals surface area contributed by atoms with Gasteiger partial charge in [0, 0.05) is 44.3 Å². The van der Waals surface area contributed by atoms with Crippen molar-refractivity contribution in [2.24, 2.45) is 5.41 Å². The number of aromatic nitrogens is 6. The molecule has 190 valence electrons. The highest BCUT2D eigenvalue weighted by Gasteiger charge is 2.23. The summed E-state index contributed by atoms with van der Waals surface area (Å²) in [6.45, 7) is 7.54. The number of carbonyl (C=O) groups excluding carboxylic acids is 1. The first-order chi connectivity index (χ1) is 18.2. The molecule has 38 heavy (non-hydrogen) atoms. The second-order valence-electron chi connectivity index (χ2n) is 10.1. The smallest absolute Gasteiger partial charge is 0.229 e. The molecule has 0 unspecified atom stereocenters. The average molecular weight is 526 g/mol. The van der Waals surface area contributed by atoms with Crippen LogP contribution in [-0.4, -0.2) is 36.0 Å². The maximum atomic E-state index is 16.1. The summed E-state index contributed by atoms with van der Waals surface area (Å²) in [5, 5.41) is 10.5.